The highest BCUT2D eigenvalue weighted by atomic mass is 35.5. The number of hydrogen-bond donors (Lipinski definition) is 1. The molecule has 4 heteroatoms. The molecular weight excluding hydrogens is 288 g/mol. The van der Waals surface area contributed by atoms with Crippen LogP contribution in [0.5, 0.6) is 0 Å². The van der Waals surface area contributed by atoms with Gasteiger partial charge in [0.2, 0.25) is 0 Å². The van der Waals surface area contributed by atoms with E-state index >= 15 is 0 Å². The molecule has 1 N–H and O–H groups in total. The lowest BCUT2D eigenvalue weighted by Crippen LogP contribution is -2.37. The van der Waals surface area contributed by atoms with E-state index < -0.39 is 0 Å². The number of fused-ring (bicyclic) bond motifs is 1. The maximum Gasteiger partial charge on any atom is 0.0636 e. The van der Waals surface area contributed by atoms with Gasteiger partial charge in [-0.2, -0.15) is 0 Å². The SMILES string of the molecule is CC(CN1CCCC1)NCc1sc2ccccc2c1Cl. The van der Waals surface area contributed by atoms with Gasteiger partial charge in [-0.25, -0.2) is 0 Å². The second-order valence-corrected chi connectivity index (χ2v) is 7.14. The first kappa shape index (κ1) is 14.3. The third kappa shape index (κ3) is 3.17. The predicted octanol–water partition coefficient (Wildman–Crippen LogP) is 4.13. The minimum absolute atomic E-state index is 0.509. The number of hydrogen-bond acceptors (Lipinski definition) is 3. The topological polar surface area (TPSA) is 15.3 Å². The van der Waals surface area contributed by atoms with Crippen LogP contribution in [0.1, 0.15) is 24.6 Å². The molecule has 1 unspecified atom stereocenters. The van der Waals surface area contributed by atoms with Crippen molar-refractivity contribution in [3.63, 3.8) is 0 Å². The summed E-state index contributed by atoms with van der Waals surface area (Å²) in [5, 5.41) is 5.72. The summed E-state index contributed by atoms with van der Waals surface area (Å²) in [6, 6.07) is 8.87. The van der Waals surface area contributed by atoms with Gasteiger partial charge in [0.15, 0.2) is 0 Å². The Labute approximate surface area is 129 Å². The monoisotopic (exact) mass is 308 g/mol. The van der Waals surface area contributed by atoms with E-state index in [1.165, 1.54) is 40.9 Å². The van der Waals surface area contributed by atoms with Crippen LogP contribution in [0, 0.1) is 0 Å². The molecule has 0 amide bonds. The Kier molecular flexibility index (Phi) is 4.61. The Morgan fingerprint density at radius 2 is 2.05 bits per heavy atom. The van der Waals surface area contributed by atoms with Crippen LogP contribution in [0.4, 0.5) is 0 Å². The highest BCUT2D eigenvalue weighted by Crippen LogP contribution is 2.34. The van der Waals surface area contributed by atoms with Gasteiger partial charge in [0.25, 0.3) is 0 Å². The van der Waals surface area contributed by atoms with E-state index in [2.05, 4.69) is 35.3 Å². The normalized spacial score (nSPS) is 17.9. The maximum atomic E-state index is 6.47. The summed E-state index contributed by atoms with van der Waals surface area (Å²) >= 11 is 8.27. The first-order valence-corrected chi connectivity index (χ1v) is 8.55. The zero-order valence-electron chi connectivity index (χ0n) is 11.9. The molecule has 1 aromatic carbocycles. The molecule has 1 atom stereocenters. The molecule has 1 aliphatic heterocycles. The van der Waals surface area contributed by atoms with Crippen LogP contribution in [0.25, 0.3) is 10.1 Å². The highest BCUT2D eigenvalue weighted by Gasteiger charge is 2.15. The van der Waals surface area contributed by atoms with E-state index in [0.29, 0.717) is 6.04 Å². The molecule has 2 nitrogen and oxygen atoms in total. The number of rotatable bonds is 5. The summed E-state index contributed by atoms with van der Waals surface area (Å²) in [6.45, 7) is 6.79. The number of likely N-dealkylation sites (tertiary alicyclic amines) is 1. The zero-order chi connectivity index (χ0) is 13.9. The summed E-state index contributed by atoms with van der Waals surface area (Å²) < 4.78 is 1.28. The second-order valence-electron chi connectivity index (χ2n) is 5.63. The van der Waals surface area contributed by atoms with E-state index in [4.69, 9.17) is 11.6 Å². The first-order valence-electron chi connectivity index (χ1n) is 7.35. The van der Waals surface area contributed by atoms with Gasteiger partial charge in [0.1, 0.15) is 0 Å². The van der Waals surface area contributed by atoms with Crippen LogP contribution in [0.15, 0.2) is 24.3 Å². The zero-order valence-corrected chi connectivity index (χ0v) is 13.4. The number of benzene rings is 1. The maximum absolute atomic E-state index is 6.47. The first-order chi connectivity index (χ1) is 9.74. The number of nitrogens with one attached hydrogen (secondary N) is 1. The van der Waals surface area contributed by atoms with Gasteiger partial charge >= 0.3 is 0 Å². The summed E-state index contributed by atoms with van der Waals surface area (Å²) in [4.78, 5) is 3.80. The highest BCUT2D eigenvalue weighted by molar-refractivity contribution is 7.19. The standard InChI is InChI=1S/C16H21ClN2S/c1-12(11-19-8-4-5-9-19)18-10-15-16(17)13-6-2-3-7-14(13)20-15/h2-3,6-7,12,18H,4-5,8-11H2,1H3. The minimum atomic E-state index is 0.509. The fourth-order valence-corrected chi connectivity index (χ4v) is 4.31. The second kappa shape index (κ2) is 6.44. The van der Waals surface area contributed by atoms with Crippen LogP contribution in [0.2, 0.25) is 5.02 Å². The van der Waals surface area contributed by atoms with Crippen LogP contribution in [-0.2, 0) is 6.54 Å². The van der Waals surface area contributed by atoms with Gasteiger partial charge in [-0.05, 0) is 38.9 Å². The van der Waals surface area contributed by atoms with Crippen molar-refractivity contribution in [1.29, 1.82) is 0 Å². The lowest BCUT2D eigenvalue weighted by Gasteiger charge is -2.21. The molecule has 1 fully saturated rings. The molecule has 20 heavy (non-hydrogen) atoms. The van der Waals surface area contributed by atoms with Gasteiger partial charge in [-0.1, -0.05) is 29.8 Å². The van der Waals surface area contributed by atoms with Crippen molar-refractivity contribution in [2.24, 2.45) is 0 Å². The molecule has 3 rings (SSSR count). The molecule has 1 saturated heterocycles. The van der Waals surface area contributed by atoms with Gasteiger partial charge in [0.05, 0.1) is 5.02 Å². The van der Waals surface area contributed by atoms with Crippen LogP contribution in [-0.4, -0.2) is 30.6 Å². The lowest BCUT2D eigenvalue weighted by molar-refractivity contribution is 0.298. The van der Waals surface area contributed by atoms with E-state index in [1.807, 2.05) is 6.07 Å². The molecule has 0 spiro atoms. The van der Waals surface area contributed by atoms with E-state index in [1.54, 1.807) is 11.3 Å². The number of halogens is 1. The molecular formula is C16H21ClN2S. The largest absolute Gasteiger partial charge is 0.308 e. The van der Waals surface area contributed by atoms with Gasteiger partial charge in [-0.15, -0.1) is 11.3 Å². The van der Waals surface area contributed by atoms with Crippen LogP contribution >= 0.6 is 22.9 Å². The van der Waals surface area contributed by atoms with Crippen molar-refractivity contribution in [2.45, 2.75) is 32.4 Å². The molecule has 2 heterocycles. The Balaban J connectivity index is 1.60. The number of thiophene rings is 1. The Hall–Kier alpha value is -0.610. The molecule has 0 radical (unpaired) electrons. The Morgan fingerprint density at radius 3 is 2.80 bits per heavy atom. The fraction of sp³-hybridized carbons (Fsp3) is 0.500. The summed E-state index contributed by atoms with van der Waals surface area (Å²) in [5.41, 5.74) is 0. The van der Waals surface area contributed by atoms with Crippen molar-refractivity contribution < 1.29 is 0 Å². The van der Waals surface area contributed by atoms with Crippen molar-refractivity contribution in [3.8, 4) is 0 Å². The minimum Gasteiger partial charge on any atom is -0.308 e. The molecule has 2 aromatic rings. The molecule has 1 aromatic heterocycles. The fourth-order valence-electron chi connectivity index (χ4n) is 2.86. The smallest absolute Gasteiger partial charge is 0.0636 e. The Morgan fingerprint density at radius 1 is 1.30 bits per heavy atom. The van der Waals surface area contributed by atoms with Crippen molar-refractivity contribution in [1.82, 2.24) is 10.2 Å². The predicted molar refractivity (Wildman–Crippen MR) is 88.8 cm³/mol. The van der Waals surface area contributed by atoms with Crippen molar-refractivity contribution in [3.05, 3.63) is 34.2 Å². The van der Waals surface area contributed by atoms with Gasteiger partial charge in [-0.3, -0.25) is 0 Å². The van der Waals surface area contributed by atoms with Crippen molar-refractivity contribution >= 4 is 33.0 Å². The molecule has 108 valence electrons. The third-order valence-electron chi connectivity index (χ3n) is 3.94. The average molecular weight is 309 g/mol. The lowest BCUT2D eigenvalue weighted by atomic mass is 10.2. The van der Waals surface area contributed by atoms with Crippen LogP contribution < -0.4 is 5.32 Å². The average Bonchev–Trinajstić information content (AvgIpc) is 3.06. The molecule has 1 aliphatic rings. The van der Waals surface area contributed by atoms with E-state index in [0.717, 1.165) is 18.1 Å². The molecule has 0 aliphatic carbocycles. The molecule has 0 saturated carbocycles. The van der Waals surface area contributed by atoms with E-state index in [9.17, 15) is 0 Å². The quantitative estimate of drug-likeness (QED) is 0.893. The van der Waals surface area contributed by atoms with Crippen molar-refractivity contribution in [2.75, 3.05) is 19.6 Å². The summed E-state index contributed by atoms with van der Waals surface area (Å²) in [6.07, 6.45) is 2.71. The third-order valence-corrected chi connectivity index (χ3v) is 5.66. The molecule has 0 bridgehead atoms. The summed E-state index contributed by atoms with van der Waals surface area (Å²) in [5.74, 6) is 0. The van der Waals surface area contributed by atoms with Crippen LogP contribution in [0.3, 0.4) is 0 Å². The Bertz CT molecular complexity index is 575. The number of nitrogens with zero attached hydrogens (tertiary/aromatic N) is 1. The summed E-state index contributed by atoms with van der Waals surface area (Å²) in [7, 11) is 0. The van der Waals surface area contributed by atoms with Gasteiger partial charge in [0, 0.05) is 34.1 Å². The van der Waals surface area contributed by atoms with E-state index in [-0.39, 0.29) is 0 Å². The van der Waals surface area contributed by atoms with Gasteiger partial charge < -0.3 is 10.2 Å².